The third-order valence-corrected chi connectivity index (χ3v) is 2.68. The number of rotatable bonds is 3. The summed E-state index contributed by atoms with van der Waals surface area (Å²) >= 11 is 0. The van der Waals surface area contributed by atoms with Crippen LogP contribution >= 0.6 is 0 Å². The maximum absolute atomic E-state index is 13.7. The maximum Gasteiger partial charge on any atom is 0.241 e. The number of nitrogen functional groups attached to an aromatic ring is 1. The van der Waals surface area contributed by atoms with Gasteiger partial charge in [0.05, 0.1) is 17.3 Å². The highest BCUT2D eigenvalue weighted by molar-refractivity contribution is 5.89. The number of hydrogen-bond donors (Lipinski definition) is 4. The third kappa shape index (κ3) is 2.31. The van der Waals surface area contributed by atoms with E-state index in [0.717, 1.165) is 6.07 Å². The first-order valence-corrected chi connectivity index (χ1v) is 5.68. The molecule has 10 heteroatoms. The highest BCUT2D eigenvalue weighted by Crippen LogP contribution is 2.26. The van der Waals surface area contributed by atoms with Gasteiger partial charge in [0.25, 0.3) is 0 Å². The van der Waals surface area contributed by atoms with Crippen molar-refractivity contribution < 1.29 is 13.2 Å². The van der Waals surface area contributed by atoms with Gasteiger partial charge < -0.3 is 5.32 Å². The van der Waals surface area contributed by atoms with Crippen LogP contribution in [-0.2, 0) is 0 Å². The van der Waals surface area contributed by atoms with Crippen molar-refractivity contribution in [2.45, 2.75) is 0 Å². The van der Waals surface area contributed by atoms with Crippen molar-refractivity contribution >= 4 is 28.5 Å². The van der Waals surface area contributed by atoms with Crippen LogP contribution in [0.25, 0.3) is 11.0 Å². The number of aromatic amines is 1. The average Bonchev–Trinajstić information content (AvgIpc) is 2.92. The van der Waals surface area contributed by atoms with Gasteiger partial charge in [0, 0.05) is 12.1 Å². The van der Waals surface area contributed by atoms with Gasteiger partial charge in [0.1, 0.15) is 11.6 Å². The maximum atomic E-state index is 13.7. The van der Waals surface area contributed by atoms with Gasteiger partial charge >= 0.3 is 0 Å². The Hall–Kier alpha value is -2.88. The molecule has 5 N–H and O–H groups in total. The molecule has 7 nitrogen and oxygen atoms in total. The molecule has 0 saturated heterocycles. The molecule has 0 aliphatic carbocycles. The molecule has 1 aromatic carbocycles. The minimum absolute atomic E-state index is 0.0199. The molecule has 0 radical (unpaired) electrons. The molecule has 0 atom stereocenters. The highest BCUT2D eigenvalue weighted by atomic mass is 19.2. The van der Waals surface area contributed by atoms with Gasteiger partial charge in [0.15, 0.2) is 17.3 Å². The highest BCUT2D eigenvalue weighted by Gasteiger charge is 2.15. The Bertz CT molecular complexity index is 817. The Morgan fingerprint density at radius 1 is 1.14 bits per heavy atom. The second kappa shape index (κ2) is 4.90. The van der Waals surface area contributed by atoms with Crippen LogP contribution in [0.2, 0.25) is 0 Å². The molecule has 0 saturated carbocycles. The fourth-order valence-corrected chi connectivity index (χ4v) is 1.77. The number of benzene rings is 1. The molecular weight excluding hydrogens is 287 g/mol. The quantitative estimate of drug-likeness (QED) is 0.334. The van der Waals surface area contributed by atoms with E-state index in [1.54, 1.807) is 0 Å². The number of hydrogen-bond acceptors (Lipinski definition) is 6. The molecule has 2 heterocycles. The van der Waals surface area contributed by atoms with Crippen LogP contribution in [0.1, 0.15) is 0 Å². The van der Waals surface area contributed by atoms with E-state index in [0.29, 0.717) is 17.1 Å². The molecule has 0 bridgehead atoms. The SMILES string of the molecule is NNc1nc(Nc2cc(F)cc(F)c2F)c2cn[nH]c2n1. The Balaban J connectivity index is 2.11. The standard InChI is InChI=1S/C11H8F3N7/c12-4-1-6(13)8(14)7(2-4)17-9-5-3-16-21-10(5)19-11(18-9)20-15/h1-3H,15H2,(H3,16,17,18,19,20,21). The van der Waals surface area contributed by atoms with E-state index in [9.17, 15) is 13.2 Å². The first-order valence-electron chi connectivity index (χ1n) is 5.68. The van der Waals surface area contributed by atoms with Gasteiger partial charge in [-0.05, 0) is 0 Å². The largest absolute Gasteiger partial charge is 0.337 e. The molecule has 0 spiro atoms. The van der Waals surface area contributed by atoms with E-state index >= 15 is 0 Å². The minimum Gasteiger partial charge on any atom is -0.337 e. The summed E-state index contributed by atoms with van der Waals surface area (Å²) < 4.78 is 40.0. The monoisotopic (exact) mass is 295 g/mol. The molecule has 0 aliphatic heterocycles. The molecule has 0 fully saturated rings. The van der Waals surface area contributed by atoms with Crippen molar-refractivity contribution in [2.24, 2.45) is 5.84 Å². The Labute approximate surface area is 115 Å². The van der Waals surface area contributed by atoms with Crippen molar-refractivity contribution in [1.82, 2.24) is 20.2 Å². The van der Waals surface area contributed by atoms with Crippen LogP contribution in [0.5, 0.6) is 0 Å². The zero-order chi connectivity index (χ0) is 15.0. The summed E-state index contributed by atoms with van der Waals surface area (Å²) in [4.78, 5) is 7.92. The van der Waals surface area contributed by atoms with Crippen molar-refractivity contribution in [3.8, 4) is 0 Å². The lowest BCUT2D eigenvalue weighted by molar-refractivity contribution is 0.498. The first kappa shape index (κ1) is 13.1. The van der Waals surface area contributed by atoms with Crippen LogP contribution in [0.3, 0.4) is 0 Å². The normalized spacial score (nSPS) is 10.9. The van der Waals surface area contributed by atoms with Gasteiger partial charge in [-0.3, -0.25) is 10.5 Å². The van der Waals surface area contributed by atoms with Crippen LogP contribution in [0.15, 0.2) is 18.3 Å². The van der Waals surface area contributed by atoms with Crippen molar-refractivity contribution in [3.05, 3.63) is 35.8 Å². The zero-order valence-electron chi connectivity index (χ0n) is 10.3. The van der Waals surface area contributed by atoms with Gasteiger partial charge in [-0.25, -0.2) is 19.0 Å². The minimum atomic E-state index is -1.31. The summed E-state index contributed by atoms with van der Waals surface area (Å²) in [7, 11) is 0. The molecular formula is C11H8F3N7. The van der Waals surface area contributed by atoms with Gasteiger partial charge in [-0.15, -0.1) is 0 Å². The lowest BCUT2D eigenvalue weighted by atomic mass is 10.2. The topological polar surface area (TPSA) is 105 Å². The molecule has 21 heavy (non-hydrogen) atoms. The summed E-state index contributed by atoms with van der Waals surface area (Å²) in [6.07, 6.45) is 1.38. The van der Waals surface area contributed by atoms with Crippen molar-refractivity contribution in [2.75, 3.05) is 10.7 Å². The van der Waals surface area contributed by atoms with E-state index in [4.69, 9.17) is 5.84 Å². The van der Waals surface area contributed by atoms with Crippen molar-refractivity contribution in [3.63, 3.8) is 0 Å². The van der Waals surface area contributed by atoms with E-state index < -0.39 is 23.1 Å². The lowest BCUT2D eigenvalue weighted by Gasteiger charge is -2.09. The van der Waals surface area contributed by atoms with E-state index in [-0.39, 0.29) is 11.8 Å². The fourth-order valence-electron chi connectivity index (χ4n) is 1.77. The van der Waals surface area contributed by atoms with E-state index in [2.05, 4.69) is 30.9 Å². The molecule has 3 rings (SSSR count). The molecule has 0 unspecified atom stereocenters. The Morgan fingerprint density at radius 2 is 1.95 bits per heavy atom. The van der Waals surface area contributed by atoms with Crippen LogP contribution in [0, 0.1) is 17.5 Å². The lowest BCUT2D eigenvalue weighted by Crippen LogP contribution is -2.11. The molecule has 2 aromatic heterocycles. The van der Waals surface area contributed by atoms with Crippen molar-refractivity contribution in [1.29, 1.82) is 0 Å². The number of anilines is 3. The predicted octanol–water partition coefficient (Wildman–Crippen LogP) is 1.80. The fraction of sp³-hybridized carbons (Fsp3) is 0. The molecule has 0 amide bonds. The molecule has 3 aromatic rings. The number of nitrogens with zero attached hydrogens (tertiary/aromatic N) is 3. The number of halogens is 3. The zero-order valence-corrected chi connectivity index (χ0v) is 10.3. The van der Waals surface area contributed by atoms with Gasteiger partial charge in [-0.2, -0.15) is 15.1 Å². The second-order valence-corrected chi connectivity index (χ2v) is 4.05. The third-order valence-electron chi connectivity index (χ3n) is 2.68. The summed E-state index contributed by atoms with van der Waals surface area (Å²) in [5, 5.41) is 9.23. The smallest absolute Gasteiger partial charge is 0.241 e. The average molecular weight is 295 g/mol. The van der Waals surface area contributed by atoms with Gasteiger partial charge in [-0.1, -0.05) is 0 Å². The van der Waals surface area contributed by atoms with Crippen LogP contribution < -0.4 is 16.6 Å². The Morgan fingerprint density at radius 3 is 2.71 bits per heavy atom. The van der Waals surface area contributed by atoms with Crippen LogP contribution in [0.4, 0.5) is 30.6 Å². The second-order valence-electron chi connectivity index (χ2n) is 4.05. The van der Waals surface area contributed by atoms with Gasteiger partial charge in [0.2, 0.25) is 5.95 Å². The Kier molecular flexibility index (Phi) is 3.06. The number of fused-ring (bicyclic) bond motifs is 1. The molecule has 108 valence electrons. The number of hydrazine groups is 1. The predicted molar refractivity (Wildman–Crippen MR) is 69.1 cm³/mol. The van der Waals surface area contributed by atoms with E-state index in [1.165, 1.54) is 6.20 Å². The number of nitrogens with two attached hydrogens (primary N) is 1. The van der Waals surface area contributed by atoms with E-state index in [1.807, 2.05) is 0 Å². The summed E-state index contributed by atoms with van der Waals surface area (Å²) in [6, 6.07) is 1.25. The summed E-state index contributed by atoms with van der Waals surface area (Å²) in [6.45, 7) is 0. The van der Waals surface area contributed by atoms with Crippen LogP contribution in [-0.4, -0.2) is 20.2 Å². The number of H-pyrrole nitrogens is 1. The summed E-state index contributed by atoms with van der Waals surface area (Å²) in [5.74, 6) is 1.86. The molecule has 0 aliphatic rings. The summed E-state index contributed by atoms with van der Waals surface area (Å²) in [5.41, 5.74) is 2.13. The number of nitrogens with one attached hydrogen (secondary N) is 3. The first-order chi connectivity index (χ1) is 10.1. The number of aromatic nitrogens is 4.